The van der Waals surface area contributed by atoms with Gasteiger partial charge in [0, 0.05) is 11.9 Å². The van der Waals surface area contributed by atoms with Crippen LogP contribution in [-0.2, 0) is 4.74 Å². The molecule has 0 saturated carbocycles. The van der Waals surface area contributed by atoms with Gasteiger partial charge in [-0.25, -0.2) is 0 Å². The number of nitrogens with zero attached hydrogens (tertiary/aromatic N) is 3. The molecule has 0 aliphatic carbocycles. The lowest BCUT2D eigenvalue weighted by Gasteiger charge is -2.28. The molecule has 1 aliphatic rings. The molecular formula is C14H14N3OS. The van der Waals surface area contributed by atoms with E-state index >= 15 is 0 Å². The Labute approximate surface area is 116 Å². The van der Waals surface area contributed by atoms with Crippen molar-refractivity contribution in [1.82, 2.24) is 9.88 Å². The Morgan fingerprint density at radius 2 is 2.11 bits per heavy atom. The maximum atomic E-state index is 5.96. The number of anilines is 1. The minimum Gasteiger partial charge on any atom is -0.453 e. The molecule has 5 heteroatoms. The Kier molecular flexibility index (Phi) is 3.23. The second-order valence-electron chi connectivity index (χ2n) is 4.42. The van der Waals surface area contributed by atoms with E-state index < -0.39 is 0 Å². The van der Waals surface area contributed by atoms with Gasteiger partial charge in [0.15, 0.2) is 5.76 Å². The summed E-state index contributed by atoms with van der Waals surface area (Å²) in [5.74, 6) is 0.741. The lowest BCUT2D eigenvalue weighted by Crippen LogP contribution is -2.40. The molecule has 0 bridgehead atoms. The van der Waals surface area contributed by atoms with Gasteiger partial charge in [-0.3, -0.25) is 14.8 Å². The van der Waals surface area contributed by atoms with Crippen LogP contribution < -0.4 is 4.90 Å². The predicted molar refractivity (Wildman–Crippen MR) is 76.2 cm³/mol. The molecule has 19 heavy (non-hydrogen) atoms. The summed E-state index contributed by atoms with van der Waals surface area (Å²) in [5.41, 5.74) is 2.85. The number of rotatable bonds is 3. The number of thiazole rings is 1. The zero-order valence-electron chi connectivity index (χ0n) is 10.8. The van der Waals surface area contributed by atoms with E-state index in [2.05, 4.69) is 11.2 Å². The molecule has 0 spiro atoms. The average Bonchev–Trinajstić information content (AvgIpc) is 3.08. The fraction of sp³-hybridized carbons (Fsp3) is 0.214. The molecule has 97 valence electrons. The lowest BCUT2D eigenvalue weighted by atomic mass is 10.3. The van der Waals surface area contributed by atoms with Crippen LogP contribution in [0.3, 0.4) is 0 Å². The minimum atomic E-state index is -0.181. The third-order valence-corrected chi connectivity index (χ3v) is 3.57. The number of para-hydroxylation sites is 1. The van der Waals surface area contributed by atoms with E-state index in [1.54, 1.807) is 23.0 Å². The first kappa shape index (κ1) is 12.2. The highest BCUT2D eigenvalue weighted by Crippen LogP contribution is 2.32. The van der Waals surface area contributed by atoms with Crippen LogP contribution in [0.1, 0.15) is 4.88 Å². The van der Waals surface area contributed by atoms with Gasteiger partial charge in [0.05, 0.1) is 10.4 Å². The Morgan fingerprint density at radius 3 is 2.74 bits per heavy atom. The lowest BCUT2D eigenvalue weighted by molar-refractivity contribution is 0.0593. The maximum absolute atomic E-state index is 5.96. The van der Waals surface area contributed by atoms with Gasteiger partial charge >= 0.3 is 0 Å². The van der Waals surface area contributed by atoms with E-state index in [1.165, 1.54) is 0 Å². The highest BCUT2D eigenvalue weighted by Gasteiger charge is 2.30. The highest BCUT2D eigenvalue weighted by molar-refractivity contribution is 7.10. The van der Waals surface area contributed by atoms with E-state index in [9.17, 15) is 0 Å². The predicted octanol–water partition coefficient (Wildman–Crippen LogP) is 2.63. The van der Waals surface area contributed by atoms with Crippen LogP contribution in [0.5, 0.6) is 0 Å². The standard InChI is InChI=1S/C14H14N3OS/c1-16(2)14-17(11-6-4-3-5-7-11)9-12(18-14)13-8-15-10-19-13/h3-8,10,14H,1-2H3. The summed E-state index contributed by atoms with van der Waals surface area (Å²) in [4.78, 5) is 9.07. The molecule has 0 N–H and O–H groups in total. The van der Waals surface area contributed by atoms with Crippen LogP contribution >= 0.6 is 11.3 Å². The summed E-state index contributed by atoms with van der Waals surface area (Å²) in [6, 6.07) is 10.1. The van der Waals surface area contributed by atoms with Crippen molar-refractivity contribution in [2.24, 2.45) is 0 Å². The number of ether oxygens (including phenoxy) is 1. The van der Waals surface area contributed by atoms with Crippen molar-refractivity contribution in [3.05, 3.63) is 53.1 Å². The fourth-order valence-corrected chi connectivity index (χ4v) is 2.46. The van der Waals surface area contributed by atoms with E-state index in [0.717, 1.165) is 16.3 Å². The van der Waals surface area contributed by atoms with Crippen LogP contribution in [-0.4, -0.2) is 30.3 Å². The number of benzene rings is 1. The van der Waals surface area contributed by atoms with Gasteiger partial charge in [-0.1, -0.05) is 18.2 Å². The summed E-state index contributed by atoms with van der Waals surface area (Å²) in [6.45, 7) is 0. The van der Waals surface area contributed by atoms with Crippen LogP contribution in [0.2, 0.25) is 0 Å². The second kappa shape index (κ2) is 5.03. The van der Waals surface area contributed by atoms with Crippen LogP contribution in [0, 0.1) is 6.20 Å². The summed E-state index contributed by atoms with van der Waals surface area (Å²) in [7, 11) is 3.97. The average molecular weight is 272 g/mol. The fourth-order valence-electron chi connectivity index (χ4n) is 1.91. The SMILES string of the molecule is CN(C)C1OC(c2cncs2)=[C]N1c1ccccc1. The van der Waals surface area contributed by atoms with Crippen LogP contribution in [0.4, 0.5) is 5.69 Å². The Morgan fingerprint density at radius 1 is 1.32 bits per heavy atom. The Balaban J connectivity index is 1.95. The van der Waals surface area contributed by atoms with Gasteiger partial charge in [-0.15, -0.1) is 11.3 Å². The van der Waals surface area contributed by atoms with Gasteiger partial charge in [0.25, 0.3) is 0 Å². The van der Waals surface area contributed by atoms with Crippen molar-refractivity contribution in [3.63, 3.8) is 0 Å². The van der Waals surface area contributed by atoms with Crippen molar-refractivity contribution in [1.29, 1.82) is 0 Å². The molecule has 2 heterocycles. The molecule has 1 atom stereocenters. The Hall–Kier alpha value is -1.85. The molecule has 4 nitrogen and oxygen atoms in total. The summed E-state index contributed by atoms with van der Waals surface area (Å²) in [6.07, 6.45) is 4.92. The normalized spacial score (nSPS) is 18.6. The van der Waals surface area contributed by atoms with Gasteiger partial charge in [-0.2, -0.15) is 0 Å². The summed E-state index contributed by atoms with van der Waals surface area (Å²) >= 11 is 1.55. The molecule has 2 aromatic rings. The Bertz CT molecular complexity index is 566. The quantitative estimate of drug-likeness (QED) is 0.859. The maximum Gasteiger partial charge on any atom is 0.236 e. The summed E-state index contributed by atoms with van der Waals surface area (Å²) in [5, 5.41) is 0. The minimum absolute atomic E-state index is 0.181. The largest absolute Gasteiger partial charge is 0.453 e. The molecule has 1 radical (unpaired) electrons. The van der Waals surface area contributed by atoms with Gasteiger partial charge < -0.3 is 4.74 Å². The van der Waals surface area contributed by atoms with E-state index in [1.807, 2.05) is 54.2 Å². The molecule has 1 unspecified atom stereocenters. The topological polar surface area (TPSA) is 28.6 Å². The van der Waals surface area contributed by atoms with Crippen molar-refractivity contribution >= 4 is 22.8 Å². The third kappa shape index (κ3) is 2.34. The van der Waals surface area contributed by atoms with Crippen LogP contribution in [0.25, 0.3) is 5.76 Å². The molecule has 1 aliphatic heterocycles. The second-order valence-corrected chi connectivity index (χ2v) is 5.31. The zero-order chi connectivity index (χ0) is 13.2. The zero-order valence-corrected chi connectivity index (χ0v) is 11.6. The van der Waals surface area contributed by atoms with Crippen molar-refractivity contribution in [3.8, 4) is 0 Å². The molecular weight excluding hydrogens is 258 g/mol. The molecule has 1 aromatic heterocycles. The van der Waals surface area contributed by atoms with Crippen LogP contribution in [0.15, 0.2) is 42.0 Å². The number of hydrogen-bond donors (Lipinski definition) is 0. The van der Waals surface area contributed by atoms with E-state index in [4.69, 9.17) is 4.74 Å². The third-order valence-electron chi connectivity index (χ3n) is 2.80. The first-order valence-corrected chi connectivity index (χ1v) is 6.83. The van der Waals surface area contributed by atoms with Crippen molar-refractivity contribution < 1.29 is 4.74 Å². The van der Waals surface area contributed by atoms with Crippen molar-refractivity contribution in [2.75, 3.05) is 19.0 Å². The number of hydrogen-bond acceptors (Lipinski definition) is 5. The smallest absolute Gasteiger partial charge is 0.236 e. The first-order chi connectivity index (χ1) is 9.25. The van der Waals surface area contributed by atoms with Gasteiger partial charge in [0.1, 0.15) is 6.20 Å². The molecule has 1 aromatic carbocycles. The highest BCUT2D eigenvalue weighted by atomic mass is 32.1. The molecule has 0 fully saturated rings. The molecule has 0 amide bonds. The summed E-state index contributed by atoms with van der Waals surface area (Å²) < 4.78 is 5.96. The van der Waals surface area contributed by atoms with Gasteiger partial charge in [-0.05, 0) is 26.2 Å². The van der Waals surface area contributed by atoms with E-state index in [0.29, 0.717) is 0 Å². The molecule has 3 rings (SSSR count). The molecule has 0 saturated heterocycles. The first-order valence-electron chi connectivity index (χ1n) is 5.95. The van der Waals surface area contributed by atoms with Gasteiger partial charge in [0.2, 0.25) is 6.35 Å². The van der Waals surface area contributed by atoms with E-state index in [-0.39, 0.29) is 6.35 Å². The monoisotopic (exact) mass is 272 g/mol. The number of aromatic nitrogens is 1. The van der Waals surface area contributed by atoms with Crippen molar-refractivity contribution in [2.45, 2.75) is 6.35 Å².